The Balaban J connectivity index is 0.000000172. The Morgan fingerprint density at radius 2 is 1.77 bits per heavy atom. The fourth-order valence-corrected chi connectivity index (χ4v) is 3.46. The molecule has 0 saturated heterocycles. The summed E-state index contributed by atoms with van der Waals surface area (Å²) in [7, 11) is 2.11. The number of aryl methyl sites for hydroxylation is 1. The van der Waals surface area contributed by atoms with Crippen LogP contribution in [0.2, 0.25) is 0 Å². The number of aromatic nitrogens is 2. The van der Waals surface area contributed by atoms with E-state index in [1.165, 1.54) is 48.0 Å². The molecule has 3 rings (SSSR count). The molecule has 0 bridgehead atoms. The maximum atomic E-state index is 12.2. The minimum absolute atomic E-state index is 0.216. The van der Waals surface area contributed by atoms with E-state index in [-0.39, 0.29) is 5.82 Å². The Hall–Kier alpha value is -0.992. The monoisotopic (exact) mass is 484 g/mol. The molecule has 0 aliphatic heterocycles. The summed E-state index contributed by atoms with van der Waals surface area (Å²) >= 11 is 2.41. The summed E-state index contributed by atoms with van der Waals surface area (Å²) < 4.78 is 18.2. The fourth-order valence-electron chi connectivity index (χ4n) is 2.71. The normalized spacial score (nSPS) is 15.3. The van der Waals surface area contributed by atoms with Gasteiger partial charge in [-0.05, 0) is 17.7 Å². The predicted octanol–water partition coefficient (Wildman–Crippen LogP) is 3.69. The first-order valence-corrected chi connectivity index (χ1v) is 8.89. The fraction of sp³-hybridized carbons (Fsp3) is 0.471. The van der Waals surface area contributed by atoms with Gasteiger partial charge in [0.1, 0.15) is 5.82 Å². The van der Waals surface area contributed by atoms with Gasteiger partial charge < -0.3 is 5.73 Å². The first-order valence-electron chi connectivity index (χ1n) is 7.75. The molecule has 1 heterocycles. The van der Waals surface area contributed by atoms with E-state index in [0.29, 0.717) is 6.54 Å². The van der Waals surface area contributed by atoms with Gasteiger partial charge in [0, 0.05) is 6.54 Å². The summed E-state index contributed by atoms with van der Waals surface area (Å²) in [6.45, 7) is 0.472. The molecular formula is C17H24FN3Pt. The van der Waals surface area contributed by atoms with Gasteiger partial charge in [-0.1, -0.05) is 12.1 Å². The van der Waals surface area contributed by atoms with Gasteiger partial charge in [-0.3, -0.25) is 0 Å². The van der Waals surface area contributed by atoms with Crippen molar-refractivity contribution in [2.45, 2.75) is 44.7 Å². The van der Waals surface area contributed by atoms with Crippen LogP contribution in [0.1, 0.15) is 43.7 Å². The van der Waals surface area contributed by atoms with E-state index in [1.807, 2.05) is 0 Å². The zero-order chi connectivity index (χ0) is 15.9. The molecule has 1 aromatic carbocycles. The molecule has 0 spiro atoms. The van der Waals surface area contributed by atoms with Crippen molar-refractivity contribution < 1.29 is 23.7 Å². The number of hydrogen-bond acceptors (Lipinski definition) is 1. The van der Waals surface area contributed by atoms with Crippen molar-refractivity contribution in [3.05, 3.63) is 51.8 Å². The van der Waals surface area contributed by atoms with E-state index in [0.717, 1.165) is 11.6 Å². The molecule has 2 aromatic rings. The van der Waals surface area contributed by atoms with Gasteiger partial charge in [0.25, 0.3) is 0 Å². The SMILES string of the molecule is Cn1ccn(C2CCCCC2)[c]1=[Pt].NCc1ccc(F)cc1. The van der Waals surface area contributed by atoms with Crippen LogP contribution in [0.5, 0.6) is 0 Å². The molecule has 1 fully saturated rings. The molecule has 1 aliphatic rings. The minimum atomic E-state index is -0.216. The molecule has 1 saturated carbocycles. The van der Waals surface area contributed by atoms with Gasteiger partial charge in [-0.25, -0.2) is 4.39 Å². The molecule has 124 valence electrons. The van der Waals surface area contributed by atoms with Crippen molar-refractivity contribution >= 4 is 0 Å². The molecule has 5 heteroatoms. The third kappa shape index (κ3) is 4.75. The first-order chi connectivity index (χ1) is 10.6. The standard InChI is InChI=1S/C10H16N2.C7H8FN.Pt/c1-11-7-8-12(9-11)10-5-3-2-4-6-10;8-7-3-1-6(5-9)2-4-7;/h7-8,10H,2-6H2,1H3;1-4H,5,9H2;. The number of rotatable bonds is 2. The van der Waals surface area contributed by atoms with Crippen LogP contribution in [0.4, 0.5) is 4.39 Å². The second-order valence-electron chi connectivity index (χ2n) is 5.68. The molecule has 0 radical (unpaired) electrons. The minimum Gasteiger partial charge on any atom is -0.326 e. The summed E-state index contributed by atoms with van der Waals surface area (Å²) in [5.74, 6) is -0.216. The second kappa shape index (κ2) is 8.59. The van der Waals surface area contributed by atoms with Gasteiger partial charge in [0.05, 0.1) is 0 Å². The van der Waals surface area contributed by atoms with Gasteiger partial charge in [-0.15, -0.1) is 0 Å². The van der Waals surface area contributed by atoms with Crippen molar-refractivity contribution in [2.75, 3.05) is 0 Å². The Morgan fingerprint density at radius 3 is 2.27 bits per heavy atom. The Kier molecular flexibility index (Phi) is 6.78. The van der Waals surface area contributed by atoms with Crippen LogP contribution in [0.15, 0.2) is 36.7 Å². The topological polar surface area (TPSA) is 35.9 Å². The average Bonchev–Trinajstić information content (AvgIpc) is 2.89. The third-order valence-electron chi connectivity index (χ3n) is 4.03. The number of imidazole rings is 1. The zero-order valence-electron chi connectivity index (χ0n) is 13.0. The molecule has 0 unspecified atom stereocenters. The van der Waals surface area contributed by atoms with Gasteiger partial charge in [-0.2, -0.15) is 0 Å². The molecule has 2 N–H and O–H groups in total. The molecule has 3 nitrogen and oxygen atoms in total. The summed E-state index contributed by atoms with van der Waals surface area (Å²) in [4.78, 5) is 0. The number of nitrogens with zero attached hydrogens (tertiary/aromatic N) is 2. The quantitative estimate of drug-likeness (QED) is 0.694. The van der Waals surface area contributed by atoms with Crippen LogP contribution in [0, 0.1) is 9.62 Å². The van der Waals surface area contributed by atoms with Gasteiger partial charge >= 0.3 is 89.9 Å². The largest absolute Gasteiger partial charge is 0.326 e. The van der Waals surface area contributed by atoms with Crippen LogP contribution in [-0.4, -0.2) is 9.13 Å². The second-order valence-corrected chi connectivity index (χ2v) is 6.70. The molecule has 0 amide bonds. The number of hydrogen-bond donors (Lipinski definition) is 1. The predicted molar refractivity (Wildman–Crippen MR) is 83.1 cm³/mol. The van der Waals surface area contributed by atoms with Gasteiger partial charge in [0.2, 0.25) is 0 Å². The van der Waals surface area contributed by atoms with E-state index in [1.54, 1.807) is 12.1 Å². The van der Waals surface area contributed by atoms with E-state index in [2.05, 4.69) is 47.9 Å². The molecule has 1 aromatic heterocycles. The van der Waals surface area contributed by atoms with Crippen molar-refractivity contribution in [2.24, 2.45) is 12.8 Å². The summed E-state index contributed by atoms with van der Waals surface area (Å²) in [6, 6.07) is 6.93. The molecular weight excluding hydrogens is 460 g/mol. The van der Waals surface area contributed by atoms with Crippen molar-refractivity contribution in [3.63, 3.8) is 0 Å². The van der Waals surface area contributed by atoms with Crippen LogP contribution in [0.3, 0.4) is 0 Å². The van der Waals surface area contributed by atoms with E-state index >= 15 is 0 Å². The average molecular weight is 484 g/mol. The Labute approximate surface area is 142 Å². The molecule has 1 aliphatic carbocycles. The van der Waals surface area contributed by atoms with Crippen molar-refractivity contribution in [1.82, 2.24) is 9.13 Å². The maximum absolute atomic E-state index is 12.2. The maximum Gasteiger partial charge on any atom is 0.123 e. The van der Waals surface area contributed by atoms with Crippen LogP contribution in [-0.2, 0) is 32.9 Å². The Bertz CT molecular complexity index is 624. The van der Waals surface area contributed by atoms with Crippen LogP contribution < -0.4 is 5.73 Å². The van der Waals surface area contributed by atoms with Gasteiger partial charge in [0.15, 0.2) is 0 Å². The van der Waals surface area contributed by atoms with Crippen molar-refractivity contribution in [1.29, 1.82) is 0 Å². The smallest absolute Gasteiger partial charge is 0.123 e. The van der Waals surface area contributed by atoms with Crippen LogP contribution in [0.25, 0.3) is 0 Å². The zero-order valence-corrected chi connectivity index (χ0v) is 15.2. The molecule has 22 heavy (non-hydrogen) atoms. The van der Waals surface area contributed by atoms with E-state index < -0.39 is 0 Å². The third-order valence-corrected chi connectivity index (χ3v) is 5.42. The summed E-state index contributed by atoms with van der Waals surface area (Å²) in [5, 5.41) is 0. The Morgan fingerprint density at radius 1 is 1.14 bits per heavy atom. The first kappa shape index (κ1) is 17.4. The van der Waals surface area contributed by atoms with Crippen LogP contribution >= 0.6 is 0 Å². The summed E-state index contributed by atoms with van der Waals surface area (Å²) in [6.07, 6.45) is 11.3. The molecule has 0 atom stereocenters. The summed E-state index contributed by atoms with van der Waals surface area (Å²) in [5.41, 5.74) is 6.23. The number of halogens is 1. The number of nitrogens with two attached hydrogens (primary N) is 1. The number of benzene rings is 1. The van der Waals surface area contributed by atoms with Crippen molar-refractivity contribution in [3.8, 4) is 0 Å². The van der Waals surface area contributed by atoms with E-state index in [9.17, 15) is 4.39 Å². The van der Waals surface area contributed by atoms with E-state index in [4.69, 9.17) is 5.73 Å².